The summed E-state index contributed by atoms with van der Waals surface area (Å²) in [7, 11) is 0. The molecule has 6 heteroatoms. The Kier molecular flexibility index (Phi) is 8.09. The van der Waals surface area contributed by atoms with E-state index in [4.69, 9.17) is 0 Å². The molecular weight excluding hydrogens is 451 g/mol. The van der Waals surface area contributed by atoms with Crippen LogP contribution in [-0.2, 0) is 4.79 Å². The summed E-state index contributed by atoms with van der Waals surface area (Å²) in [6.07, 6.45) is 1.66. The van der Waals surface area contributed by atoms with Crippen LogP contribution in [0.5, 0.6) is 0 Å². The first kappa shape index (κ1) is 21.2. The fourth-order valence-electron chi connectivity index (χ4n) is 2.72. The fourth-order valence-corrected chi connectivity index (χ4v) is 3.36. The van der Waals surface area contributed by atoms with Crippen LogP contribution in [0.3, 0.4) is 0 Å². The Morgan fingerprint density at radius 2 is 1.85 bits per heavy atom. The highest BCUT2D eigenvalue weighted by atomic mass is 127. The Labute approximate surface area is 175 Å². The van der Waals surface area contributed by atoms with Gasteiger partial charge >= 0.3 is 0 Å². The number of rotatable bonds is 8. The molecule has 0 aliphatic rings. The number of nitrogens with zero attached hydrogens (tertiary/aromatic N) is 2. The van der Waals surface area contributed by atoms with E-state index in [0.717, 1.165) is 29.9 Å². The molecule has 0 radical (unpaired) electrons. The Morgan fingerprint density at radius 3 is 2.44 bits per heavy atom. The third kappa shape index (κ3) is 6.23. The summed E-state index contributed by atoms with van der Waals surface area (Å²) in [4.78, 5) is 14.5. The molecule has 1 amide bonds. The summed E-state index contributed by atoms with van der Waals surface area (Å²) < 4.78 is 1.17. The second-order valence-electron chi connectivity index (χ2n) is 6.32. The smallest absolute Gasteiger partial charge is 0.262 e. The fraction of sp³-hybridized carbons (Fsp3) is 0.333. The molecule has 2 aromatic rings. The number of carbonyl (C=O) groups is 1. The van der Waals surface area contributed by atoms with Gasteiger partial charge in [0.15, 0.2) is 0 Å². The number of anilines is 2. The van der Waals surface area contributed by atoms with E-state index in [-0.39, 0.29) is 11.9 Å². The quantitative estimate of drug-likeness (QED) is 0.336. The Balaban J connectivity index is 1.90. The third-order valence-corrected chi connectivity index (χ3v) is 5.03. The zero-order chi connectivity index (χ0) is 19.8. The first-order chi connectivity index (χ1) is 12.9. The van der Waals surface area contributed by atoms with Crippen molar-refractivity contribution in [3.8, 4) is 0 Å². The Morgan fingerprint density at radius 1 is 1.19 bits per heavy atom. The molecule has 0 aliphatic carbocycles. The van der Waals surface area contributed by atoms with Gasteiger partial charge in [0.2, 0.25) is 0 Å². The summed E-state index contributed by atoms with van der Waals surface area (Å²) in [5, 5.41) is 7.30. The van der Waals surface area contributed by atoms with Gasteiger partial charge in [-0.1, -0.05) is 12.1 Å². The molecule has 0 bridgehead atoms. The number of halogens is 1. The van der Waals surface area contributed by atoms with E-state index in [1.165, 1.54) is 9.26 Å². The molecule has 0 saturated carbocycles. The predicted octanol–water partition coefficient (Wildman–Crippen LogP) is 4.40. The van der Waals surface area contributed by atoms with Gasteiger partial charge in [0.05, 0.1) is 6.21 Å². The van der Waals surface area contributed by atoms with Gasteiger partial charge in [0.25, 0.3) is 5.91 Å². The van der Waals surface area contributed by atoms with Crippen molar-refractivity contribution in [1.29, 1.82) is 0 Å². The minimum absolute atomic E-state index is 0.177. The highest BCUT2D eigenvalue weighted by molar-refractivity contribution is 14.1. The lowest BCUT2D eigenvalue weighted by Gasteiger charge is -2.20. The molecule has 5 nitrogen and oxygen atoms in total. The van der Waals surface area contributed by atoms with Gasteiger partial charge in [-0.2, -0.15) is 5.10 Å². The number of carbonyl (C=O) groups excluding carboxylic acids is 1. The van der Waals surface area contributed by atoms with E-state index >= 15 is 0 Å². The maximum Gasteiger partial charge on any atom is 0.262 e. The summed E-state index contributed by atoms with van der Waals surface area (Å²) >= 11 is 2.27. The van der Waals surface area contributed by atoms with Crippen molar-refractivity contribution in [3.05, 3.63) is 57.2 Å². The van der Waals surface area contributed by atoms with E-state index in [9.17, 15) is 4.79 Å². The minimum Gasteiger partial charge on any atom is -0.374 e. The molecule has 0 heterocycles. The number of aryl methyl sites for hydroxylation is 1. The Hall–Kier alpha value is -2.09. The molecule has 2 aromatic carbocycles. The average Bonchev–Trinajstić information content (AvgIpc) is 2.66. The largest absolute Gasteiger partial charge is 0.374 e. The first-order valence-corrected chi connectivity index (χ1v) is 10.2. The van der Waals surface area contributed by atoms with Crippen molar-refractivity contribution in [1.82, 2.24) is 5.43 Å². The van der Waals surface area contributed by atoms with E-state index in [1.807, 2.05) is 38.1 Å². The normalized spacial score (nSPS) is 12.0. The van der Waals surface area contributed by atoms with Gasteiger partial charge < -0.3 is 10.2 Å². The lowest BCUT2D eigenvalue weighted by molar-refractivity contribution is -0.121. The molecule has 2 N–H and O–H groups in total. The van der Waals surface area contributed by atoms with Crippen LogP contribution < -0.4 is 15.6 Å². The summed E-state index contributed by atoms with van der Waals surface area (Å²) in [6, 6.07) is 13.8. The van der Waals surface area contributed by atoms with E-state index in [1.54, 1.807) is 6.21 Å². The highest BCUT2D eigenvalue weighted by Gasteiger charge is 2.12. The van der Waals surface area contributed by atoms with Gasteiger partial charge in [0.1, 0.15) is 6.04 Å². The summed E-state index contributed by atoms with van der Waals surface area (Å²) in [5.74, 6) is -0.177. The lowest BCUT2D eigenvalue weighted by Crippen LogP contribution is -2.35. The summed E-state index contributed by atoms with van der Waals surface area (Å²) in [5.41, 5.74) is 6.79. The molecule has 1 unspecified atom stereocenters. The van der Waals surface area contributed by atoms with Crippen LogP contribution in [0.25, 0.3) is 0 Å². The monoisotopic (exact) mass is 478 g/mol. The maximum atomic E-state index is 12.2. The molecule has 0 aromatic heterocycles. The SMILES string of the molecule is CCN(CC)c1ccc(C=NNC(=O)C(C)Nc2ccc(I)cc2C)cc1. The van der Waals surface area contributed by atoms with Crippen LogP contribution in [0.1, 0.15) is 31.9 Å². The first-order valence-electron chi connectivity index (χ1n) is 9.15. The van der Waals surface area contributed by atoms with Crippen molar-refractivity contribution in [3.63, 3.8) is 0 Å². The zero-order valence-corrected chi connectivity index (χ0v) is 18.4. The van der Waals surface area contributed by atoms with Crippen LogP contribution in [0, 0.1) is 10.5 Å². The molecule has 0 saturated heterocycles. The maximum absolute atomic E-state index is 12.2. The zero-order valence-electron chi connectivity index (χ0n) is 16.3. The number of amides is 1. The second-order valence-corrected chi connectivity index (χ2v) is 7.57. The summed E-state index contributed by atoms with van der Waals surface area (Å²) in [6.45, 7) is 10.1. The number of hydrazone groups is 1. The number of benzene rings is 2. The van der Waals surface area contributed by atoms with Gasteiger partial charge in [-0.15, -0.1) is 0 Å². The number of nitrogens with one attached hydrogen (secondary N) is 2. The van der Waals surface area contributed by atoms with Crippen molar-refractivity contribution < 1.29 is 4.79 Å². The van der Waals surface area contributed by atoms with Crippen molar-refractivity contribution in [2.45, 2.75) is 33.7 Å². The molecule has 2 rings (SSSR count). The molecule has 1 atom stereocenters. The van der Waals surface area contributed by atoms with Gasteiger partial charge in [-0.05, 0) is 91.7 Å². The molecule has 27 heavy (non-hydrogen) atoms. The van der Waals surface area contributed by atoms with Crippen LogP contribution in [0.15, 0.2) is 47.6 Å². The van der Waals surface area contributed by atoms with Gasteiger partial charge in [-0.3, -0.25) is 4.79 Å². The molecule has 0 fully saturated rings. The second kappa shape index (κ2) is 10.3. The van der Waals surface area contributed by atoms with Crippen LogP contribution >= 0.6 is 22.6 Å². The average molecular weight is 478 g/mol. The topological polar surface area (TPSA) is 56.7 Å². The molecule has 0 spiro atoms. The number of hydrogen-bond acceptors (Lipinski definition) is 4. The lowest BCUT2D eigenvalue weighted by atomic mass is 10.2. The predicted molar refractivity (Wildman–Crippen MR) is 123 cm³/mol. The Bertz CT molecular complexity index is 785. The molecular formula is C21H27IN4O. The highest BCUT2D eigenvalue weighted by Crippen LogP contribution is 2.18. The van der Waals surface area contributed by atoms with Crippen molar-refractivity contribution >= 4 is 46.1 Å². The molecule has 0 aliphatic heterocycles. The standard InChI is InChI=1S/C21H27IN4O/c1-5-26(6-2)19-10-7-17(8-11-19)14-23-25-21(27)16(4)24-20-12-9-18(22)13-15(20)3/h7-14,16,24H,5-6H2,1-4H3,(H,25,27). The third-order valence-electron chi connectivity index (χ3n) is 4.36. The molecule has 144 valence electrons. The van der Waals surface area contributed by atoms with Crippen LogP contribution in [0.2, 0.25) is 0 Å². The number of hydrogen-bond donors (Lipinski definition) is 2. The van der Waals surface area contributed by atoms with E-state index in [0.29, 0.717) is 0 Å². The van der Waals surface area contributed by atoms with Gasteiger partial charge in [-0.25, -0.2) is 5.43 Å². The van der Waals surface area contributed by atoms with Gasteiger partial charge in [0, 0.05) is 28.0 Å². The van der Waals surface area contributed by atoms with Crippen molar-refractivity contribution in [2.24, 2.45) is 5.10 Å². The van der Waals surface area contributed by atoms with Crippen molar-refractivity contribution in [2.75, 3.05) is 23.3 Å². The van der Waals surface area contributed by atoms with Crippen LogP contribution in [0.4, 0.5) is 11.4 Å². The minimum atomic E-state index is -0.383. The van der Waals surface area contributed by atoms with E-state index in [2.05, 4.69) is 75.4 Å². The van der Waals surface area contributed by atoms with Crippen LogP contribution in [-0.4, -0.2) is 31.3 Å². The van der Waals surface area contributed by atoms with E-state index < -0.39 is 0 Å².